The Balaban J connectivity index is 0. The summed E-state index contributed by atoms with van der Waals surface area (Å²) in [6.07, 6.45) is 0. The third-order valence-corrected chi connectivity index (χ3v) is 0. The fraction of sp³-hybridized carbons (Fsp3) is 1.00. The molecule has 5 heavy (non-hydrogen) atoms. The molecule has 0 atom stereocenters. The molecule has 0 aliphatic rings. The summed E-state index contributed by atoms with van der Waals surface area (Å²) in [4.78, 5) is 0. The van der Waals surface area contributed by atoms with Gasteiger partial charge in [-0.3, -0.25) is 0 Å². The van der Waals surface area contributed by atoms with E-state index in [1.807, 2.05) is 26.8 Å². The normalized spacial score (nSPS) is 5.00. The van der Waals surface area contributed by atoms with Gasteiger partial charge in [0.1, 0.15) is 0 Å². The molecule has 0 aliphatic heterocycles. The summed E-state index contributed by atoms with van der Waals surface area (Å²) in [5, 5.41) is 11.0. The van der Waals surface area contributed by atoms with Crippen LogP contribution in [0.2, 0.25) is 5.05 Å². The van der Waals surface area contributed by atoms with Crippen molar-refractivity contribution in [3.8, 4) is 0 Å². The molecule has 0 heterocycles. The Hall–Kier alpha value is 0.726. The van der Waals surface area contributed by atoms with Gasteiger partial charge in [0, 0.05) is 0 Å². The molecule has 0 fully saturated rings. The zero-order valence-electron chi connectivity index (χ0n) is 3.82. The second-order valence-corrected chi connectivity index (χ2v) is 0.289. The fourth-order valence-corrected chi connectivity index (χ4v) is 0. The van der Waals surface area contributed by atoms with E-state index in [1.165, 1.54) is 0 Å². The van der Waals surface area contributed by atoms with Gasteiger partial charge in [0.15, 0.2) is 0 Å². The van der Waals surface area contributed by atoms with Crippen LogP contribution < -0.4 is 5.11 Å². The Bertz CT molecular complexity index is 6.85. The Morgan fingerprint density at radius 1 is 1.60 bits per heavy atom. The van der Waals surface area contributed by atoms with Crippen LogP contribution in [0, 0.1) is 0 Å². The van der Waals surface area contributed by atoms with E-state index in [9.17, 15) is 0 Å². The quantitative estimate of drug-likeness (QED) is 0.365. The average Bonchev–Trinajstić information content (AvgIpc) is 1.46. The van der Waals surface area contributed by atoms with Gasteiger partial charge in [-0.25, -0.2) is 0 Å². The summed E-state index contributed by atoms with van der Waals surface area (Å²) in [7, 11) is 0. The molecule has 1 nitrogen and oxygen atoms in total. The Labute approximate surface area is 45.8 Å². The van der Waals surface area contributed by atoms with Gasteiger partial charge in [-0.15, -0.1) is 6.61 Å². The summed E-state index contributed by atoms with van der Waals surface area (Å²) in [6, 6.07) is 0. The summed E-state index contributed by atoms with van der Waals surface area (Å²) in [5.41, 5.74) is 0. The first kappa shape index (κ1) is 9.21. The van der Waals surface area contributed by atoms with E-state index in [0.29, 0.717) is 0 Å². The molecule has 0 aromatic heterocycles. The molecule has 0 unspecified atom stereocenters. The molecule has 0 saturated heterocycles. The van der Waals surface area contributed by atoms with Crippen molar-refractivity contribution in [2.75, 3.05) is 6.61 Å². The van der Waals surface area contributed by atoms with Crippen molar-refractivity contribution >= 4 is 21.7 Å². The van der Waals surface area contributed by atoms with Crippen LogP contribution in [-0.2, 0) is 0 Å². The van der Waals surface area contributed by atoms with Crippen LogP contribution in [0.1, 0.15) is 6.92 Å². The third kappa shape index (κ3) is 66.6. The number of rotatable bonds is 0. The molecule has 28 valence electrons. The molecule has 0 aliphatic carbocycles. The maximum absolute atomic E-state index is 8.93. The predicted molar refractivity (Wildman–Crippen MR) is 22.2 cm³/mol. The predicted octanol–water partition coefficient (Wildman–Crippen LogP) is -0.430. The molecule has 2 heteroatoms. The molecule has 0 rings (SSSR count). The van der Waals surface area contributed by atoms with Gasteiger partial charge >= 0.3 is 26.8 Å². The van der Waals surface area contributed by atoms with Crippen molar-refractivity contribution in [1.29, 1.82) is 0 Å². The van der Waals surface area contributed by atoms with E-state index in [-0.39, 0.29) is 6.61 Å². The second kappa shape index (κ2) is 22.0. The Morgan fingerprint density at radius 2 is 1.60 bits per heavy atom. The summed E-state index contributed by atoms with van der Waals surface area (Å²) >= 11 is 1.86. The maximum atomic E-state index is 8.93. The molecule has 0 radical (unpaired) electrons. The standard InChI is InChI=1S/C2H5O.CH3.Mg/c1-2-3;;/h2H2,1H3;1H3;/q-1;;+1. The van der Waals surface area contributed by atoms with Gasteiger partial charge in [-0.1, -0.05) is 6.92 Å². The van der Waals surface area contributed by atoms with Crippen molar-refractivity contribution in [1.82, 2.24) is 0 Å². The van der Waals surface area contributed by atoms with Crippen LogP contribution in [0.5, 0.6) is 0 Å². The minimum absolute atomic E-state index is 0. The van der Waals surface area contributed by atoms with Gasteiger partial charge in [-0.2, -0.15) is 0 Å². The van der Waals surface area contributed by atoms with Gasteiger partial charge < -0.3 is 5.11 Å². The fourth-order valence-electron chi connectivity index (χ4n) is 0. The van der Waals surface area contributed by atoms with Crippen LogP contribution in [-0.4, -0.2) is 28.3 Å². The average molecular weight is 84.4 g/mol. The second-order valence-electron chi connectivity index (χ2n) is 0.289. The van der Waals surface area contributed by atoms with Crippen molar-refractivity contribution in [3.05, 3.63) is 0 Å². The van der Waals surface area contributed by atoms with Gasteiger partial charge in [0.05, 0.1) is 0 Å². The topological polar surface area (TPSA) is 23.1 Å². The summed E-state index contributed by atoms with van der Waals surface area (Å²) in [5.74, 6) is 0. The van der Waals surface area contributed by atoms with Gasteiger partial charge in [-0.05, 0) is 0 Å². The van der Waals surface area contributed by atoms with E-state index in [0.717, 1.165) is 0 Å². The molecular formula is C3H8MgO. The molecule has 0 amide bonds. The minimum atomic E-state index is 0. The molecule has 0 aromatic carbocycles. The molecular weight excluding hydrogens is 76.3 g/mol. The number of hydrogen-bond acceptors (Lipinski definition) is 1. The van der Waals surface area contributed by atoms with Gasteiger partial charge in [0.2, 0.25) is 0 Å². The van der Waals surface area contributed by atoms with E-state index >= 15 is 0 Å². The Kier molecular flexibility index (Phi) is 40.6. The Morgan fingerprint density at radius 3 is 1.60 bits per heavy atom. The molecule has 0 spiro atoms. The third-order valence-electron chi connectivity index (χ3n) is 0. The van der Waals surface area contributed by atoms with Crippen LogP contribution in [0.15, 0.2) is 0 Å². The van der Waals surface area contributed by atoms with Crippen molar-refractivity contribution < 1.29 is 5.11 Å². The SMILES string of the molecule is CC[O-].[CH3][Mg+]. The van der Waals surface area contributed by atoms with Gasteiger partial charge in [0.25, 0.3) is 0 Å². The molecule has 0 N–H and O–H groups in total. The van der Waals surface area contributed by atoms with E-state index in [2.05, 4.69) is 0 Å². The van der Waals surface area contributed by atoms with E-state index in [4.69, 9.17) is 5.11 Å². The van der Waals surface area contributed by atoms with E-state index in [1.54, 1.807) is 6.92 Å². The zero-order chi connectivity index (χ0) is 4.71. The van der Waals surface area contributed by atoms with Crippen LogP contribution in [0.3, 0.4) is 0 Å². The monoisotopic (exact) mass is 84.0 g/mol. The van der Waals surface area contributed by atoms with Crippen molar-refractivity contribution in [3.63, 3.8) is 0 Å². The van der Waals surface area contributed by atoms with Crippen molar-refractivity contribution in [2.45, 2.75) is 12.0 Å². The van der Waals surface area contributed by atoms with Crippen LogP contribution in [0.25, 0.3) is 0 Å². The summed E-state index contributed by atoms with van der Waals surface area (Å²) in [6.45, 7) is 1.57. The zero-order valence-corrected chi connectivity index (χ0v) is 5.24. The first-order valence-electron chi connectivity index (χ1n) is 1.70. The number of hydrogen-bond donors (Lipinski definition) is 0. The molecule has 0 bridgehead atoms. The van der Waals surface area contributed by atoms with Crippen LogP contribution in [0.4, 0.5) is 0 Å². The summed E-state index contributed by atoms with van der Waals surface area (Å²) < 4.78 is 0. The first-order chi connectivity index (χ1) is 2.41. The van der Waals surface area contributed by atoms with E-state index < -0.39 is 0 Å². The molecule has 0 aromatic rings. The first-order valence-corrected chi connectivity index (χ1v) is 3.12. The molecule has 0 saturated carbocycles. The van der Waals surface area contributed by atoms with Crippen LogP contribution >= 0.6 is 0 Å². The van der Waals surface area contributed by atoms with Crippen molar-refractivity contribution in [2.24, 2.45) is 0 Å².